The zero-order valence-corrected chi connectivity index (χ0v) is 8.73. The topological polar surface area (TPSA) is 26.0 Å². The summed E-state index contributed by atoms with van der Waals surface area (Å²) in [7, 11) is 0. The molecule has 1 unspecified atom stereocenters. The summed E-state index contributed by atoms with van der Waals surface area (Å²) in [6.07, 6.45) is 0. The molecule has 0 saturated heterocycles. The fourth-order valence-corrected chi connectivity index (χ4v) is 1.70. The van der Waals surface area contributed by atoms with Crippen LogP contribution in [0.5, 0.6) is 0 Å². The third-order valence-electron chi connectivity index (χ3n) is 2.01. The van der Waals surface area contributed by atoms with Crippen LogP contribution in [0.2, 0.25) is 0 Å². The molecule has 0 spiro atoms. The predicted octanol–water partition coefficient (Wildman–Crippen LogP) is 3.06. The van der Waals surface area contributed by atoms with Gasteiger partial charge in [0.2, 0.25) is 0 Å². The van der Waals surface area contributed by atoms with E-state index in [-0.39, 0.29) is 5.92 Å². The smallest absolute Gasteiger partial charge is 0.288 e. The van der Waals surface area contributed by atoms with Crippen LogP contribution in [0.15, 0.2) is 29.2 Å². The monoisotopic (exact) mass is 217 g/mol. The van der Waals surface area contributed by atoms with Crippen LogP contribution < -0.4 is 5.73 Å². The van der Waals surface area contributed by atoms with Crippen molar-refractivity contribution in [3.05, 3.63) is 29.8 Å². The molecule has 0 fully saturated rings. The molecule has 0 aromatic heterocycles. The summed E-state index contributed by atoms with van der Waals surface area (Å²) in [5, 5.41) is 0. The highest BCUT2D eigenvalue weighted by molar-refractivity contribution is 7.99. The van der Waals surface area contributed by atoms with Crippen molar-refractivity contribution in [1.82, 2.24) is 0 Å². The van der Waals surface area contributed by atoms with E-state index in [1.54, 1.807) is 18.2 Å². The average Bonchev–Trinajstić information content (AvgIpc) is 2.16. The number of nitrogens with two attached hydrogens (primary N) is 1. The predicted molar refractivity (Wildman–Crippen MR) is 55.8 cm³/mol. The van der Waals surface area contributed by atoms with Gasteiger partial charge in [0.1, 0.15) is 0 Å². The number of rotatable bonds is 4. The first kappa shape index (κ1) is 11.5. The van der Waals surface area contributed by atoms with Crippen LogP contribution in [0.4, 0.5) is 8.78 Å². The van der Waals surface area contributed by atoms with Crippen molar-refractivity contribution < 1.29 is 8.78 Å². The number of alkyl halides is 2. The van der Waals surface area contributed by atoms with Crippen molar-refractivity contribution in [1.29, 1.82) is 0 Å². The van der Waals surface area contributed by atoms with Gasteiger partial charge in [-0.05, 0) is 30.2 Å². The SMILES string of the molecule is CC(CN)c1cccc(SC(F)F)c1. The van der Waals surface area contributed by atoms with Crippen molar-refractivity contribution in [3.63, 3.8) is 0 Å². The van der Waals surface area contributed by atoms with Gasteiger partial charge in [0.05, 0.1) is 0 Å². The Morgan fingerprint density at radius 3 is 2.71 bits per heavy atom. The molecule has 78 valence electrons. The molecule has 1 rings (SSSR count). The Balaban J connectivity index is 2.78. The molecule has 1 nitrogen and oxygen atoms in total. The second kappa shape index (κ2) is 5.32. The van der Waals surface area contributed by atoms with Crippen LogP contribution in [-0.2, 0) is 0 Å². The van der Waals surface area contributed by atoms with E-state index in [9.17, 15) is 8.78 Å². The second-order valence-electron chi connectivity index (χ2n) is 3.09. The molecule has 0 aliphatic rings. The standard InChI is InChI=1S/C10H13F2NS/c1-7(6-13)8-3-2-4-9(5-8)14-10(11)12/h2-5,7,10H,6,13H2,1H3. The Labute approximate surface area is 86.7 Å². The van der Waals surface area contributed by atoms with Crippen LogP contribution in [-0.4, -0.2) is 12.3 Å². The third kappa shape index (κ3) is 3.27. The van der Waals surface area contributed by atoms with Crippen LogP contribution in [0, 0.1) is 0 Å². The average molecular weight is 217 g/mol. The van der Waals surface area contributed by atoms with Crippen molar-refractivity contribution in [2.24, 2.45) is 5.73 Å². The highest BCUT2D eigenvalue weighted by Gasteiger charge is 2.07. The summed E-state index contributed by atoms with van der Waals surface area (Å²) < 4.78 is 24.1. The summed E-state index contributed by atoms with van der Waals surface area (Å²) >= 11 is 0.566. The quantitative estimate of drug-likeness (QED) is 0.784. The molecule has 1 atom stereocenters. The van der Waals surface area contributed by atoms with Crippen molar-refractivity contribution in [2.75, 3.05) is 6.54 Å². The molecule has 2 N–H and O–H groups in total. The van der Waals surface area contributed by atoms with E-state index < -0.39 is 5.76 Å². The lowest BCUT2D eigenvalue weighted by Crippen LogP contribution is -2.08. The summed E-state index contributed by atoms with van der Waals surface area (Å²) in [6, 6.07) is 7.15. The molecule has 0 bridgehead atoms. The first-order valence-corrected chi connectivity index (χ1v) is 5.26. The molecule has 1 aromatic carbocycles. The maximum atomic E-state index is 12.1. The van der Waals surface area contributed by atoms with Crippen molar-refractivity contribution >= 4 is 11.8 Å². The summed E-state index contributed by atoms with van der Waals surface area (Å²) in [6.45, 7) is 2.51. The van der Waals surface area contributed by atoms with Gasteiger partial charge >= 0.3 is 0 Å². The Kier molecular flexibility index (Phi) is 4.35. The molecule has 14 heavy (non-hydrogen) atoms. The summed E-state index contributed by atoms with van der Waals surface area (Å²) in [4.78, 5) is 0.595. The molecular formula is C10H13F2NS. The Bertz CT molecular complexity index is 291. The molecular weight excluding hydrogens is 204 g/mol. The van der Waals surface area contributed by atoms with Gasteiger partial charge in [-0.2, -0.15) is 8.78 Å². The van der Waals surface area contributed by atoms with E-state index >= 15 is 0 Å². The van der Waals surface area contributed by atoms with Crippen LogP contribution in [0.3, 0.4) is 0 Å². The van der Waals surface area contributed by atoms with Crippen molar-refractivity contribution in [2.45, 2.75) is 23.5 Å². The van der Waals surface area contributed by atoms with Gasteiger partial charge in [-0.15, -0.1) is 0 Å². The first-order valence-electron chi connectivity index (χ1n) is 4.38. The minimum atomic E-state index is -2.36. The normalized spacial score (nSPS) is 13.2. The number of hydrogen-bond acceptors (Lipinski definition) is 2. The zero-order chi connectivity index (χ0) is 10.6. The lowest BCUT2D eigenvalue weighted by Gasteiger charge is -2.10. The van der Waals surface area contributed by atoms with Gasteiger partial charge in [-0.3, -0.25) is 0 Å². The molecule has 0 amide bonds. The van der Waals surface area contributed by atoms with E-state index in [0.29, 0.717) is 23.2 Å². The zero-order valence-electron chi connectivity index (χ0n) is 7.91. The van der Waals surface area contributed by atoms with Crippen molar-refractivity contribution in [3.8, 4) is 0 Å². The second-order valence-corrected chi connectivity index (χ2v) is 4.15. The van der Waals surface area contributed by atoms with Gasteiger partial charge < -0.3 is 5.73 Å². The summed E-state index contributed by atoms with van der Waals surface area (Å²) in [5.41, 5.74) is 6.51. The maximum Gasteiger partial charge on any atom is 0.288 e. The van der Waals surface area contributed by atoms with Crippen LogP contribution in [0.25, 0.3) is 0 Å². The van der Waals surface area contributed by atoms with E-state index in [1.165, 1.54) is 0 Å². The molecule has 0 heterocycles. The number of benzene rings is 1. The number of halogens is 2. The van der Waals surface area contributed by atoms with Gasteiger partial charge in [-0.25, -0.2) is 0 Å². The Morgan fingerprint density at radius 1 is 1.43 bits per heavy atom. The van der Waals surface area contributed by atoms with Gasteiger partial charge in [0.25, 0.3) is 5.76 Å². The minimum Gasteiger partial charge on any atom is -0.330 e. The summed E-state index contributed by atoms with van der Waals surface area (Å²) in [5.74, 6) is -2.15. The number of thioether (sulfide) groups is 1. The molecule has 0 aliphatic carbocycles. The van der Waals surface area contributed by atoms with E-state index in [0.717, 1.165) is 5.56 Å². The largest absolute Gasteiger partial charge is 0.330 e. The van der Waals surface area contributed by atoms with Gasteiger partial charge in [0.15, 0.2) is 0 Å². The highest BCUT2D eigenvalue weighted by Crippen LogP contribution is 2.27. The van der Waals surface area contributed by atoms with Gasteiger partial charge in [-0.1, -0.05) is 30.8 Å². The Morgan fingerprint density at radius 2 is 2.14 bits per heavy atom. The fourth-order valence-electron chi connectivity index (χ4n) is 1.13. The van der Waals surface area contributed by atoms with Gasteiger partial charge in [0, 0.05) is 4.90 Å². The molecule has 0 aliphatic heterocycles. The maximum absolute atomic E-state index is 12.1. The minimum absolute atomic E-state index is 0.216. The molecule has 4 heteroatoms. The molecule has 0 saturated carbocycles. The lowest BCUT2D eigenvalue weighted by molar-refractivity contribution is 0.252. The van der Waals surface area contributed by atoms with E-state index in [2.05, 4.69) is 0 Å². The molecule has 1 aromatic rings. The molecule has 0 radical (unpaired) electrons. The van der Waals surface area contributed by atoms with E-state index in [4.69, 9.17) is 5.73 Å². The van der Waals surface area contributed by atoms with Crippen LogP contribution in [0.1, 0.15) is 18.4 Å². The first-order chi connectivity index (χ1) is 6.63. The van der Waals surface area contributed by atoms with E-state index in [1.807, 2.05) is 13.0 Å². The third-order valence-corrected chi connectivity index (χ3v) is 2.71. The highest BCUT2D eigenvalue weighted by atomic mass is 32.2. The lowest BCUT2D eigenvalue weighted by atomic mass is 10.0. The fraction of sp³-hybridized carbons (Fsp3) is 0.400. The number of hydrogen-bond donors (Lipinski definition) is 1. The van der Waals surface area contributed by atoms with Crippen LogP contribution >= 0.6 is 11.8 Å². The Hall–Kier alpha value is -0.610.